The second-order valence-corrected chi connectivity index (χ2v) is 7.28. The number of rotatable bonds is 2. The minimum Gasteiger partial charge on any atom is -0.382 e. The van der Waals surface area contributed by atoms with Gasteiger partial charge in [0.1, 0.15) is 0 Å². The van der Waals surface area contributed by atoms with E-state index >= 15 is 0 Å². The first kappa shape index (κ1) is 13.5. The van der Waals surface area contributed by atoms with Gasteiger partial charge in [-0.2, -0.15) is 0 Å². The summed E-state index contributed by atoms with van der Waals surface area (Å²) in [4.78, 5) is 0. The van der Waals surface area contributed by atoms with Crippen LogP contribution in [0.1, 0.15) is 40.0 Å². The lowest BCUT2D eigenvalue weighted by atomic mass is 9.70. The van der Waals surface area contributed by atoms with Gasteiger partial charge in [-0.15, -0.1) is 0 Å². The molecular weight excluding hydrogens is 242 g/mol. The van der Waals surface area contributed by atoms with Gasteiger partial charge in [0.2, 0.25) is 0 Å². The van der Waals surface area contributed by atoms with Crippen LogP contribution >= 0.6 is 0 Å². The topological polar surface area (TPSA) is 12.0 Å². The predicted molar refractivity (Wildman–Crippen MR) is 88.2 cm³/mol. The van der Waals surface area contributed by atoms with Gasteiger partial charge >= 0.3 is 0 Å². The average Bonchev–Trinajstić information content (AvgIpc) is 2.37. The minimum absolute atomic E-state index is 0.458. The van der Waals surface area contributed by atoms with Gasteiger partial charge in [0.25, 0.3) is 0 Å². The van der Waals surface area contributed by atoms with Crippen molar-refractivity contribution in [2.45, 2.75) is 46.1 Å². The Balaban J connectivity index is 1.86. The summed E-state index contributed by atoms with van der Waals surface area (Å²) >= 11 is 0. The molecule has 20 heavy (non-hydrogen) atoms. The molecule has 2 aromatic rings. The van der Waals surface area contributed by atoms with Gasteiger partial charge in [0.15, 0.2) is 0 Å². The van der Waals surface area contributed by atoms with Crippen molar-refractivity contribution >= 4 is 16.5 Å². The summed E-state index contributed by atoms with van der Waals surface area (Å²) < 4.78 is 0. The van der Waals surface area contributed by atoms with E-state index in [2.05, 4.69) is 68.6 Å². The quantitative estimate of drug-likeness (QED) is 0.761. The molecule has 1 fully saturated rings. The van der Waals surface area contributed by atoms with Crippen LogP contribution in [0.4, 0.5) is 5.69 Å². The Hall–Kier alpha value is -1.50. The summed E-state index contributed by atoms with van der Waals surface area (Å²) in [6.45, 7) is 7.19. The van der Waals surface area contributed by atoms with E-state index in [9.17, 15) is 0 Å². The third kappa shape index (κ3) is 2.82. The predicted octanol–water partition coefficient (Wildman–Crippen LogP) is 5.47. The highest BCUT2D eigenvalue weighted by Gasteiger charge is 2.31. The molecule has 1 aliphatic carbocycles. The zero-order valence-corrected chi connectivity index (χ0v) is 12.8. The van der Waals surface area contributed by atoms with Gasteiger partial charge in [0, 0.05) is 17.1 Å². The zero-order valence-electron chi connectivity index (χ0n) is 12.8. The maximum Gasteiger partial charge on any atom is 0.0422 e. The number of anilines is 1. The molecule has 1 saturated carbocycles. The number of nitrogens with one attached hydrogen (secondary N) is 1. The molecule has 1 heteroatoms. The van der Waals surface area contributed by atoms with Crippen LogP contribution in [-0.2, 0) is 0 Å². The van der Waals surface area contributed by atoms with Crippen molar-refractivity contribution in [1.82, 2.24) is 0 Å². The van der Waals surface area contributed by atoms with Gasteiger partial charge in [0.05, 0.1) is 0 Å². The molecule has 0 aliphatic heterocycles. The molecule has 2 unspecified atom stereocenters. The van der Waals surface area contributed by atoms with Crippen molar-refractivity contribution in [2.75, 3.05) is 5.32 Å². The first-order valence-corrected chi connectivity index (χ1v) is 7.78. The molecule has 2 atom stereocenters. The van der Waals surface area contributed by atoms with Crippen molar-refractivity contribution < 1.29 is 0 Å². The van der Waals surface area contributed by atoms with Crippen LogP contribution in [0.25, 0.3) is 10.8 Å². The average molecular weight is 267 g/mol. The van der Waals surface area contributed by atoms with E-state index in [1.165, 1.54) is 35.7 Å². The summed E-state index contributed by atoms with van der Waals surface area (Å²) in [7, 11) is 0. The summed E-state index contributed by atoms with van der Waals surface area (Å²) in [5.74, 6) is 0.811. The summed E-state index contributed by atoms with van der Waals surface area (Å²) in [5, 5.41) is 6.47. The highest BCUT2D eigenvalue weighted by Crippen LogP contribution is 2.40. The van der Waals surface area contributed by atoms with E-state index in [0.717, 1.165) is 5.92 Å². The fourth-order valence-corrected chi connectivity index (χ4v) is 4.03. The lowest BCUT2D eigenvalue weighted by molar-refractivity contribution is 0.178. The van der Waals surface area contributed by atoms with Crippen LogP contribution in [0, 0.1) is 11.3 Å². The third-order valence-electron chi connectivity index (χ3n) is 4.54. The second kappa shape index (κ2) is 5.12. The highest BCUT2D eigenvalue weighted by molar-refractivity contribution is 5.93. The first-order valence-electron chi connectivity index (χ1n) is 7.78. The van der Waals surface area contributed by atoms with Crippen molar-refractivity contribution in [3.63, 3.8) is 0 Å². The molecule has 0 saturated heterocycles. The fourth-order valence-electron chi connectivity index (χ4n) is 4.03. The van der Waals surface area contributed by atoms with Crippen LogP contribution in [-0.4, -0.2) is 6.04 Å². The third-order valence-corrected chi connectivity index (χ3v) is 4.54. The highest BCUT2D eigenvalue weighted by atomic mass is 14.9. The van der Waals surface area contributed by atoms with Crippen LogP contribution < -0.4 is 5.32 Å². The molecule has 1 N–H and O–H groups in total. The molecule has 106 valence electrons. The maximum absolute atomic E-state index is 3.81. The van der Waals surface area contributed by atoms with Crippen molar-refractivity contribution in [1.29, 1.82) is 0 Å². The van der Waals surface area contributed by atoms with Crippen LogP contribution in [0.5, 0.6) is 0 Å². The molecule has 0 heterocycles. The van der Waals surface area contributed by atoms with E-state index in [-0.39, 0.29) is 0 Å². The standard InChI is InChI=1S/C19H25N/c1-14-11-16(13-19(2,3)12-14)20-18-10-6-8-15-7-4-5-9-17(15)18/h4-10,14,16,20H,11-13H2,1-3H3. The Kier molecular flexibility index (Phi) is 3.45. The molecule has 0 spiro atoms. The number of fused-ring (bicyclic) bond motifs is 1. The Morgan fingerprint density at radius 3 is 2.55 bits per heavy atom. The van der Waals surface area contributed by atoms with Gasteiger partial charge in [-0.05, 0) is 42.0 Å². The van der Waals surface area contributed by atoms with Crippen LogP contribution in [0.2, 0.25) is 0 Å². The zero-order chi connectivity index (χ0) is 14.2. The first-order chi connectivity index (χ1) is 9.53. The summed E-state index contributed by atoms with van der Waals surface area (Å²) in [6, 6.07) is 15.8. The molecule has 1 aliphatic rings. The molecule has 1 nitrogen and oxygen atoms in total. The summed E-state index contributed by atoms with van der Waals surface area (Å²) in [6.07, 6.45) is 3.90. The molecule has 3 rings (SSSR count). The van der Waals surface area contributed by atoms with E-state index in [1.807, 2.05) is 0 Å². The molecule has 0 radical (unpaired) electrons. The van der Waals surface area contributed by atoms with Gasteiger partial charge in [-0.25, -0.2) is 0 Å². The minimum atomic E-state index is 0.458. The van der Waals surface area contributed by atoms with Crippen LogP contribution in [0.3, 0.4) is 0 Å². The monoisotopic (exact) mass is 267 g/mol. The Labute approximate surface area is 122 Å². The maximum atomic E-state index is 3.81. The second-order valence-electron chi connectivity index (χ2n) is 7.28. The molecule has 2 aromatic carbocycles. The number of hydrogen-bond donors (Lipinski definition) is 1. The van der Waals surface area contributed by atoms with Crippen LogP contribution in [0.15, 0.2) is 42.5 Å². The van der Waals surface area contributed by atoms with Gasteiger partial charge in [-0.1, -0.05) is 57.2 Å². The SMILES string of the molecule is CC1CC(Nc2cccc3ccccc23)CC(C)(C)C1. The largest absolute Gasteiger partial charge is 0.382 e. The van der Waals surface area contributed by atoms with E-state index in [1.54, 1.807) is 0 Å². The smallest absolute Gasteiger partial charge is 0.0422 e. The lowest BCUT2D eigenvalue weighted by Gasteiger charge is -2.39. The number of benzene rings is 2. The molecule has 0 bridgehead atoms. The van der Waals surface area contributed by atoms with Crippen molar-refractivity contribution in [2.24, 2.45) is 11.3 Å². The number of hydrogen-bond acceptors (Lipinski definition) is 1. The van der Waals surface area contributed by atoms with E-state index in [0.29, 0.717) is 11.5 Å². The fraction of sp³-hybridized carbons (Fsp3) is 0.474. The Bertz CT molecular complexity index is 594. The molecule has 0 amide bonds. The van der Waals surface area contributed by atoms with Gasteiger partial charge in [-0.3, -0.25) is 0 Å². The van der Waals surface area contributed by atoms with Gasteiger partial charge < -0.3 is 5.32 Å². The molecular formula is C19H25N. The normalized spacial score (nSPS) is 25.6. The van der Waals surface area contributed by atoms with E-state index in [4.69, 9.17) is 0 Å². The summed E-state index contributed by atoms with van der Waals surface area (Å²) in [5.41, 5.74) is 1.75. The Morgan fingerprint density at radius 1 is 1.00 bits per heavy atom. The van der Waals surface area contributed by atoms with Crippen molar-refractivity contribution in [3.8, 4) is 0 Å². The van der Waals surface area contributed by atoms with Crippen molar-refractivity contribution in [3.05, 3.63) is 42.5 Å². The molecule has 0 aromatic heterocycles. The lowest BCUT2D eigenvalue weighted by Crippen LogP contribution is -2.35. The van der Waals surface area contributed by atoms with E-state index < -0.39 is 0 Å². The Morgan fingerprint density at radius 2 is 1.75 bits per heavy atom.